The summed E-state index contributed by atoms with van der Waals surface area (Å²) in [5, 5.41) is 5.76. The molecule has 0 saturated heterocycles. The average Bonchev–Trinajstić information content (AvgIpc) is 2.51. The van der Waals surface area contributed by atoms with Crippen molar-refractivity contribution in [1.29, 1.82) is 0 Å². The Bertz CT molecular complexity index is 333. The Morgan fingerprint density at radius 1 is 1.50 bits per heavy atom. The Hall–Kier alpha value is -1.60. The van der Waals surface area contributed by atoms with Crippen molar-refractivity contribution in [3.8, 4) is 0 Å². The Kier molecular flexibility index (Phi) is 2.73. The number of hydrogen-bond acceptors (Lipinski definition) is 5. The number of carbonyl (C=O) groups excluding carboxylic acids is 1. The maximum Gasteiger partial charge on any atom is 0.470 e. The van der Waals surface area contributed by atoms with Crippen molar-refractivity contribution in [2.75, 3.05) is 7.11 Å². The van der Waals surface area contributed by atoms with Gasteiger partial charge in [-0.3, -0.25) is 4.79 Å². The SMILES string of the molecule is COC(=O)Cc1nnc(C(F)(F)F)o1. The molecule has 0 amide bonds. The summed E-state index contributed by atoms with van der Waals surface area (Å²) in [6.07, 6.45) is -5.17. The van der Waals surface area contributed by atoms with Crippen LogP contribution in [0.2, 0.25) is 0 Å². The standard InChI is InChI=1S/C6H5F3N2O3/c1-13-4(12)2-3-10-11-5(14-3)6(7,8)9/h2H2,1H3. The largest absolute Gasteiger partial charge is 0.470 e. The maximum absolute atomic E-state index is 11.9. The minimum atomic E-state index is -4.69. The smallest absolute Gasteiger partial charge is 0.469 e. The molecule has 14 heavy (non-hydrogen) atoms. The van der Waals surface area contributed by atoms with E-state index in [1.807, 2.05) is 0 Å². The molecule has 0 spiro atoms. The van der Waals surface area contributed by atoms with E-state index in [1.54, 1.807) is 0 Å². The van der Waals surface area contributed by atoms with Gasteiger partial charge in [-0.15, -0.1) is 10.2 Å². The number of rotatable bonds is 2. The highest BCUT2D eigenvalue weighted by Crippen LogP contribution is 2.27. The van der Waals surface area contributed by atoms with Gasteiger partial charge in [0.2, 0.25) is 5.89 Å². The van der Waals surface area contributed by atoms with E-state index >= 15 is 0 Å². The molecule has 0 N–H and O–H groups in total. The zero-order valence-corrected chi connectivity index (χ0v) is 6.96. The second kappa shape index (κ2) is 3.64. The van der Waals surface area contributed by atoms with Crippen LogP contribution in [0.5, 0.6) is 0 Å². The third kappa shape index (κ3) is 2.44. The van der Waals surface area contributed by atoms with Gasteiger partial charge in [-0.05, 0) is 0 Å². The van der Waals surface area contributed by atoms with Crippen LogP contribution < -0.4 is 0 Å². The number of alkyl halides is 3. The van der Waals surface area contributed by atoms with Crippen LogP contribution in [0.15, 0.2) is 4.42 Å². The lowest BCUT2D eigenvalue weighted by atomic mass is 10.4. The predicted molar refractivity (Wildman–Crippen MR) is 35.0 cm³/mol. The average molecular weight is 210 g/mol. The predicted octanol–water partition coefficient (Wildman–Crippen LogP) is 0.804. The summed E-state index contributed by atoms with van der Waals surface area (Å²) in [4.78, 5) is 10.6. The topological polar surface area (TPSA) is 65.2 Å². The van der Waals surface area contributed by atoms with Crippen LogP contribution in [-0.2, 0) is 22.1 Å². The Labute approximate surface area is 75.9 Å². The molecule has 5 nitrogen and oxygen atoms in total. The van der Waals surface area contributed by atoms with E-state index in [2.05, 4.69) is 19.4 Å². The van der Waals surface area contributed by atoms with E-state index in [1.165, 1.54) is 0 Å². The second-order valence-corrected chi connectivity index (χ2v) is 2.25. The number of nitrogens with zero attached hydrogens (tertiary/aromatic N) is 2. The molecule has 0 saturated carbocycles. The molecule has 0 aliphatic rings. The number of halogens is 3. The normalized spacial score (nSPS) is 11.4. The van der Waals surface area contributed by atoms with Crippen molar-refractivity contribution >= 4 is 5.97 Å². The molecular formula is C6H5F3N2O3. The molecule has 0 unspecified atom stereocenters. The van der Waals surface area contributed by atoms with Crippen molar-refractivity contribution in [2.24, 2.45) is 0 Å². The number of hydrogen-bond donors (Lipinski definition) is 0. The molecule has 1 rings (SSSR count). The van der Waals surface area contributed by atoms with E-state index in [-0.39, 0.29) is 0 Å². The van der Waals surface area contributed by atoms with E-state index in [0.717, 1.165) is 7.11 Å². The van der Waals surface area contributed by atoms with Crippen LogP contribution in [0.1, 0.15) is 11.8 Å². The summed E-state index contributed by atoms with van der Waals surface area (Å²) in [5.41, 5.74) is 0. The zero-order valence-electron chi connectivity index (χ0n) is 6.96. The summed E-state index contributed by atoms with van der Waals surface area (Å²) >= 11 is 0. The molecule has 1 heterocycles. The fourth-order valence-corrected chi connectivity index (χ4v) is 0.635. The van der Waals surface area contributed by atoms with Gasteiger partial charge in [-0.2, -0.15) is 13.2 Å². The van der Waals surface area contributed by atoms with Gasteiger partial charge in [0.15, 0.2) is 0 Å². The highest BCUT2D eigenvalue weighted by molar-refractivity contribution is 5.70. The van der Waals surface area contributed by atoms with Crippen LogP contribution >= 0.6 is 0 Å². The van der Waals surface area contributed by atoms with Crippen molar-refractivity contribution in [3.05, 3.63) is 11.8 Å². The van der Waals surface area contributed by atoms with Gasteiger partial charge in [0.25, 0.3) is 0 Å². The van der Waals surface area contributed by atoms with Gasteiger partial charge in [0, 0.05) is 0 Å². The fraction of sp³-hybridized carbons (Fsp3) is 0.500. The summed E-state index contributed by atoms with van der Waals surface area (Å²) < 4.78 is 44.1. The third-order valence-corrected chi connectivity index (χ3v) is 1.23. The quantitative estimate of drug-likeness (QED) is 0.675. The number of methoxy groups -OCH3 is 1. The van der Waals surface area contributed by atoms with Crippen LogP contribution in [0.4, 0.5) is 13.2 Å². The maximum atomic E-state index is 11.9. The minimum absolute atomic E-state index is 0.427. The number of aromatic nitrogens is 2. The Balaban J connectivity index is 2.74. The van der Waals surface area contributed by atoms with Gasteiger partial charge in [0.1, 0.15) is 6.42 Å². The van der Waals surface area contributed by atoms with Gasteiger partial charge >= 0.3 is 18.0 Å². The summed E-state index contributed by atoms with van der Waals surface area (Å²) in [5.74, 6) is -2.65. The fourth-order valence-electron chi connectivity index (χ4n) is 0.635. The van der Waals surface area contributed by atoms with E-state index in [0.29, 0.717) is 0 Å². The van der Waals surface area contributed by atoms with Crippen LogP contribution in [0.3, 0.4) is 0 Å². The first-order valence-corrected chi connectivity index (χ1v) is 3.40. The molecule has 0 aliphatic heterocycles. The molecule has 1 aromatic heterocycles. The summed E-state index contributed by atoms with van der Waals surface area (Å²) in [6, 6.07) is 0. The molecule has 8 heteroatoms. The second-order valence-electron chi connectivity index (χ2n) is 2.25. The molecular weight excluding hydrogens is 205 g/mol. The molecule has 0 radical (unpaired) electrons. The van der Waals surface area contributed by atoms with E-state index in [4.69, 9.17) is 0 Å². The first-order valence-electron chi connectivity index (χ1n) is 3.40. The van der Waals surface area contributed by atoms with Crippen molar-refractivity contribution in [1.82, 2.24) is 10.2 Å². The zero-order chi connectivity index (χ0) is 10.8. The molecule has 0 atom stereocenters. The van der Waals surface area contributed by atoms with Crippen molar-refractivity contribution in [2.45, 2.75) is 12.6 Å². The number of carbonyl (C=O) groups is 1. The third-order valence-electron chi connectivity index (χ3n) is 1.23. The first-order chi connectivity index (χ1) is 6.43. The summed E-state index contributed by atoms with van der Waals surface area (Å²) in [6.45, 7) is 0. The molecule has 0 aromatic carbocycles. The van der Waals surface area contributed by atoms with Gasteiger partial charge in [-0.25, -0.2) is 0 Å². The van der Waals surface area contributed by atoms with E-state index in [9.17, 15) is 18.0 Å². The van der Waals surface area contributed by atoms with Gasteiger partial charge in [0.05, 0.1) is 7.11 Å². The van der Waals surface area contributed by atoms with Gasteiger partial charge in [-0.1, -0.05) is 0 Å². The molecule has 0 aliphatic carbocycles. The number of esters is 1. The Morgan fingerprint density at radius 2 is 2.14 bits per heavy atom. The molecule has 0 bridgehead atoms. The lowest BCUT2D eigenvalue weighted by Crippen LogP contribution is -2.05. The molecule has 1 aromatic rings. The van der Waals surface area contributed by atoms with Crippen LogP contribution in [0.25, 0.3) is 0 Å². The minimum Gasteiger partial charge on any atom is -0.469 e. The highest BCUT2D eigenvalue weighted by Gasteiger charge is 2.38. The Morgan fingerprint density at radius 3 is 2.57 bits per heavy atom. The molecule has 0 fully saturated rings. The van der Waals surface area contributed by atoms with E-state index < -0.39 is 30.3 Å². The lowest BCUT2D eigenvalue weighted by Gasteiger charge is -1.97. The monoisotopic (exact) mass is 210 g/mol. The molecule has 78 valence electrons. The first kappa shape index (κ1) is 10.5. The highest BCUT2D eigenvalue weighted by atomic mass is 19.4. The van der Waals surface area contributed by atoms with Gasteiger partial charge < -0.3 is 9.15 Å². The summed E-state index contributed by atoms with van der Waals surface area (Å²) in [7, 11) is 1.10. The number of ether oxygens (including phenoxy) is 1. The lowest BCUT2D eigenvalue weighted by molar-refractivity contribution is -0.158. The van der Waals surface area contributed by atoms with Crippen molar-refractivity contribution in [3.63, 3.8) is 0 Å². The van der Waals surface area contributed by atoms with Crippen molar-refractivity contribution < 1.29 is 27.1 Å². The van der Waals surface area contributed by atoms with Crippen LogP contribution in [-0.4, -0.2) is 23.3 Å². The van der Waals surface area contributed by atoms with Crippen LogP contribution in [0, 0.1) is 0 Å².